The Balaban J connectivity index is 0.748. The molecule has 5 rings (SSSR count). The summed E-state index contributed by atoms with van der Waals surface area (Å²) in [5.41, 5.74) is 1.78. The van der Waals surface area contributed by atoms with Crippen LogP contribution in [0.2, 0.25) is 0 Å². The maximum atomic E-state index is 14.5. The molecular weight excluding hydrogens is 928 g/mol. The number of carbonyl (C=O) groups excluding carboxylic acids is 5. The summed E-state index contributed by atoms with van der Waals surface area (Å²) in [4.78, 5) is 67.7. The summed E-state index contributed by atoms with van der Waals surface area (Å²) in [5, 5.41) is 23.5. The second-order valence-corrected chi connectivity index (χ2v) is 17.5. The summed E-state index contributed by atoms with van der Waals surface area (Å²) in [6.45, 7) is 8.56. The van der Waals surface area contributed by atoms with Crippen molar-refractivity contribution in [3.8, 4) is 5.75 Å². The summed E-state index contributed by atoms with van der Waals surface area (Å²) in [6, 6.07) is 14.1. The lowest BCUT2D eigenvalue weighted by molar-refractivity contribution is -0.123. The maximum Gasteiger partial charge on any atom is 0.315 e. The molecule has 2 aliphatic heterocycles. The molecule has 0 radical (unpaired) electrons. The van der Waals surface area contributed by atoms with E-state index < -0.39 is 5.82 Å². The van der Waals surface area contributed by atoms with Crippen LogP contribution in [0.3, 0.4) is 0 Å². The van der Waals surface area contributed by atoms with E-state index in [0.717, 1.165) is 37.6 Å². The van der Waals surface area contributed by atoms with E-state index in [9.17, 15) is 28.4 Å². The van der Waals surface area contributed by atoms with Crippen LogP contribution in [0.1, 0.15) is 57.8 Å². The van der Waals surface area contributed by atoms with Crippen LogP contribution in [0, 0.1) is 5.82 Å². The van der Waals surface area contributed by atoms with E-state index in [-0.39, 0.29) is 66.4 Å². The normalized spacial score (nSPS) is 15.8. The van der Waals surface area contributed by atoms with Gasteiger partial charge in [0, 0.05) is 80.2 Å². The van der Waals surface area contributed by atoms with Crippen molar-refractivity contribution in [3.05, 3.63) is 73.2 Å². The van der Waals surface area contributed by atoms with Crippen LogP contribution in [0.5, 0.6) is 5.75 Å². The molecule has 1 aromatic heterocycles. The molecule has 3 aromatic rings. The van der Waals surface area contributed by atoms with Crippen LogP contribution in [0.15, 0.2) is 67.4 Å². The topological polar surface area (TPSA) is 254 Å². The van der Waals surface area contributed by atoms with E-state index in [2.05, 4.69) is 59.1 Å². The van der Waals surface area contributed by atoms with Crippen LogP contribution < -0.4 is 47.3 Å². The van der Waals surface area contributed by atoms with Gasteiger partial charge in [0.15, 0.2) is 11.6 Å². The molecule has 3 atom stereocenters. The Hall–Kier alpha value is -6.07. The number of ether oxygens (including phenoxy) is 5. The van der Waals surface area contributed by atoms with Crippen LogP contribution in [0.4, 0.5) is 38.0 Å². The third kappa shape index (κ3) is 21.7. The predicted molar refractivity (Wildman–Crippen MR) is 265 cm³/mol. The van der Waals surface area contributed by atoms with E-state index in [0.29, 0.717) is 126 Å². The van der Waals surface area contributed by atoms with Crippen molar-refractivity contribution in [2.45, 2.75) is 75.1 Å². The fourth-order valence-corrected chi connectivity index (χ4v) is 8.67. The Morgan fingerprint density at radius 3 is 1.93 bits per heavy atom. The molecule has 0 aliphatic carbocycles. The number of hydrogen-bond acceptors (Lipinski definition) is 15. The fraction of sp³-hybridized carbons (Fsp3) is 0.521. The molecule has 0 spiro atoms. The molecule has 2 aliphatic rings. The molecule has 6 amide bonds. The van der Waals surface area contributed by atoms with Crippen molar-refractivity contribution in [1.29, 1.82) is 0 Å². The number of anilines is 5. The van der Waals surface area contributed by atoms with E-state index in [1.807, 2.05) is 11.8 Å². The Morgan fingerprint density at radius 2 is 1.26 bits per heavy atom. The van der Waals surface area contributed by atoms with Gasteiger partial charge in [-0.15, -0.1) is 0 Å². The second-order valence-electron chi connectivity index (χ2n) is 16.2. The number of rotatable bonds is 36. The number of urea groups is 1. The highest BCUT2D eigenvalue weighted by molar-refractivity contribution is 8.00. The zero-order chi connectivity index (χ0) is 49.6. The molecule has 8 N–H and O–H groups in total. The summed E-state index contributed by atoms with van der Waals surface area (Å²) >= 11 is 1.89. The van der Waals surface area contributed by atoms with Gasteiger partial charge < -0.3 is 66.2 Å². The van der Waals surface area contributed by atoms with Gasteiger partial charge in [0.1, 0.15) is 12.4 Å². The molecule has 3 heterocycles. The van der Waals surface area contributed by atoms with E-state index in [1.54, 1.807) is 48.5 Å². The number of fused-ring (bicyclic) bond motifs is 1. The molecule has 70 heavy (non-hydrogen) atoms. The van der Waals surface area contributed by atoms with E-state index in [1.165, 1.54) is 6.08 Å². The standard InChI is InChI=1S/C48H67FN10O10S/c1-2-41(60)54-34-12-14-35(15-13-34)55-46-38(49)32-53-47(59-46)56-36-16-18-37(19-17-36)69-31-30-67-25-22-52-44(63)11-5-10-43(62)51-21-7-24-66-27-29-68-28-26-65-23-6-20-50-42(61)9-4-3-8-40-45-39(33-70-40)57-48(64)58-45/h2,12-19,32,39-40,45H,1,3-11,20-31,33H2,(H,50,61)(H,51,62)(H,52,63)(H,54,60)(H2,57,58,64)(H2,53,55,56,59)/t39-,40?,45-/m0/s1. The van der Waals surface area contributed by atoms with Gasteiger partial charge in [0.05, 0.1) is 57.9 Å². The van der Waals surface area contributed by atoms with Gasteiger partial charge in [-0.1, -0.05) is 13.0 Å². The molecule has 2 aromatic carbocycles. The van der Waals surface area contributed by atoms with Crippen LogP contribution >= 0.6 is 11.8 Å². The van der Waals surface area contributed by atoms with Crippen molar-refractivity contribution in [1.82, 2.24) is 36.6 Å². The summed E-state index contributed by atoms with van der Waals surface area (Å²) in [5.74, 6) is 0.523. The van der Waals surface area contributed by atoms with Gasteiger partial charge >= 0.3 is 6.03 Å². The zero-order valence-electron chi connectivity index (χ0n) is 39.5. The molecule has 20 nitrogen and oxygen atoms in total. The highest BCUT2D eigenvalue weighted by Crippen LogP contribution is 2.33. The number of hydrogen-bond donors (Lipinski definition) is 8. The summed E-state index contributed by atoms with van der Waals surface area (Å²) < 4.78 is 42.4. The monoisotopic (exact) mass is 994 g/mol. The first-order chi connectivity index (χ1) is 34.1. The molecule has 2 fully saturated rings. The van der Waals surface area contributed by atoms with Gasteiger partial charge in [-0.05, 0) is 86.7 Å². The first kappa shape index (κ1) is 54.9. The van der Waals surface area contributed by atoms with Crippen molar-refractivity contribution < 1.29 is 52.0 Å². The zero-order valence-corrected chi connectivity index (χ0v) is 40.3. The summed E-state index contributed by atoms with van der Waals surface area (Å²) in [6.07, 6.45) is 7.85. The first-order valence-electron chi connectivity index (χ1n) is 23.8. The highest BCUT2D eigenvalue weighted by atomic mass is 32.2. The number of benzene rings is 2. The number of nitrogens with one attached hydrogen (secondary N) is 8. The SMILES string of the molecule is C=CC(=O)Nc1ccc(Nc2nc(Nc3ccc(OCCOCCNC(=O)CCCC(=O)NCCCOCCOCCOCCCNC(=O)CCCCC4SC[C@@H]5NC(=O)N[C@H]45)cc3)ncc2F)cc1. The number of aromatic nitrogens is 2. The molecule has 0 bridgehead atoms. The van der Waals surface area contributed by atoms with Crippen molar-refractivity contribution in [2.75, 3.05) is 101 Å². The lowest BCUT2D eigenvalue weighted by Crippen LogP contribution is -2.36. The Bertz CT molecular complexity index is 2090. The molecule has 382 valence electrons. The van der Waals surface area contributed by atoms with Crippen molar-refractivity contribution in [3.63, 3.8) is 0 Å². The third-order valence-corrected chi connectivity index (χ3v) is 12.2. The fourth-order valence-electron chi connectivity index (χ4n) is 7.12. The van der Waals surface area contributed by atoms with Crippen LogP contribution in [-0.4, -0.2) is 142 Å². The van der Waals surface area contributed by atoms with Crippen molar-refractivity contribution in [2.24, 2.45) is 0 Å². The highest BCUT2D eigenvalue weighted by Gasteiger charge is 2.42. The van der Waals surface area contributed by atoms with Crippen LogP contribution in [-0.2, 0) is 38.1 Å². The Kier molecular flexibility index (Phi) is 25.0. The van der Waals surface area contributed by atoms with E-state index >= 15 is 0 Å². The first-order valence-corrected chi connectivity index (χ1v) is 24.8. The lowest BCUT2D eigenvalue weighted by atomic mass is 10.0. The third-order valence-electron chi connectivity index (χ3n) is 10.7. The average molecular weight is 995 g/mol. The quantitative estimate of drug-likeness (QED) is 0.0223. The number of halogens is 1. The van der Waals surface area contributed by atoms with Gasteiger partial charge in [-0.25, -0.2) is 14.2 Å². The van der Waals surface area contributed by atoms with Gasteiger partial charge in [-0.3, -0.25) is 19.2 Å². The second kappa shape index (κ2) is 31.9. The lowest BCUT2D eigenvalue weighted by Gasteiger charge is -2.16. The smallest absolute Gasteiger partial charge is 0.315 e. The molecular formula is C48H67FN10O10S. The molecule has 2 saturated heterocycles. The van der Waals surface area contributed by atoms with E-state index in [4.69, 9.17) is 23.7 Å². The minimum Gasteiger partial charge on any atom is -0.491 e. The number of nitrogens with zero attached hydrogens (tertiary/aromatic N) is 2. The minimum absolute atomic E-state index is 0.0290. The van der Waals surface area contributed by atoms with Crippen molar-refractivity contribution >= 4 is 70.3 Å². The van der Waals surface area contributed by atoms with Crippen LogP contribution in [0.25, 0.3) is 0 Å². The number of unbranched alkanes of at least 4 members (excludes halogenated alkanes) is 1. The predicted octanol–water partition coefficient (Wildman–Crippen LogP) is 4.70. The van der Waals surface area contributed by atoms with Gasteiger partial charge in [0.25, 0.3) is 0 Å². The molecule has 1 unspecified atom stereocenters. The maximum absolute atomic E-state index is 14.5. The largest absolute Gasteiger partial charge is 0.491 e. The minimum atomic E-state index is -0.640. The average Bonchev–Trinajstić information content (AvgIpc) is 3.92. The number of amides is 6. The Morgan fingerprint density at radius 1 is 0.686 bits per heavy atom. The number of carbonyl (C=O) groups is 5. The molecule has 22 heteroatoms. The van der Waals surface area contributed by atoms with Gasteiger partial charge in [0.2, 0.25) is 29.6 Å². The summed E-state index contributed by atoms with van der Waals surface area (Å²) in [7, 11) is 0. The number of thioether (sulfide) groups is 1. The molecule has 0 saturated carbocycles. The van der Waals surface area contributed by atoms with Gasteiger partial charge in [-0.2, -0.15) is 16.7 Å². The Labute approximate surface area is 412 Å².